The maximum absolute atomic E-state index is 13.8. The van der Waals surface area contributed by atoms with Gasteiger partial charge in [-0.2, -0.15) is 0 Å². The molecule has 1 aliphatic rings. The zero-order chi connectivity index (χ0) is 9.97. The van der Waals surface area contributed by atoms with Crippen LogP contribution in [0.2, 0.25) is 0 Å². The maximum Gasteiger partial charge on any atom is 0.150 e. The van der Waals surface area contributed by atoms with Crippen molar-refractivity contribution in [1.29, 1.82) is 0 Å². The lowest BCUT2D eigenvalue weighted by atomic mass is 9.79. The highest BCUT2D eigenvalue weighted by molar-refractivity contribution is 5.74. The third-order valence-corrected chi connectivity index (χ3v) is 2.93. The van der Waals surface area contributed by atoms with Gasteiger partial charge in [0.05, 0.1) is 0 Å². The highest BCUT2D eigenvalue weighted by atomic mass is 19.1. The average molecular weight is 192 g/mol. The Morgan fingerprint density at radius 1 is 1.43 bits per heavy atom. The Morgan fingerprint density at radius 3 is 2.79 bits per heavy atom. The lowest BCUT2D eigenvalue weighted by Crippen LogP contribution is -2.17. The van der Waals surface area contributed by atoms with E-state index < -0.39 is 6.17 Å². The van der Waals surface area contributed by atoms with E-state index in [1.54, 1.807) is 24.3 Å². The molecule has 0 amide bonds. The predicted molar refractivity (Wildman–Crippen MR) is 53.0 cm³/mol. The summed E-state index contributed by atoms with van der Waals surface area (Å²) in [5.41, 5.74) is 1.21. The predicted octanol–water partition coefficient (Wildman–Crippen LogP) is 3.31. The molecule has 1 aromatic rings. The topological polar surface area (TPSA) is 17.1 Å². The van der Waals surface area contributed by atoms with Crippen molar-refractivity contribution in [2.75, 3.05) is 0 Å². The van der Waals surface area contributed by atoms with Gasteiger partial charge in [-0.05, 0) is 30.4 Å². The van der Waals surface area contributed by atoms with E-state index in [-0.39, 0.29) is 5.92 Å². The summed E-state index contributed by atoms with van der Waals surface area (Å²) in [6, 6.07) is 6.85. The normalized spacial score (nSPS) is 18.6. The van der Waals surface area contributed by atoms with Gasteiger partial charge in [0.15, 0.2) is 0 Å². The van der Waals surface area contributed by atoms with E-state index in [1.165, 1.54) is 0 Å². The molecule has 14 heavy (non-hydrogen) atoms. The van der Waals surface area contributed by atoms with Crippen molar-refractivity contribution in [3.63, 3.8) is 0 Å². The van der Waals surface area contributed by atoms with Gasteiger partial charge in [-0.25, -0.2) is 4.39 Å². The second kappa shape index (κ2) is 3.91. The number of halogens is 1. The van der Waals surface area contributed by atoms with Crippen molar-refractivity contribution >= 4 is 6.29 Å². The minimum Gasteiger partial charge on any atom is -0.298 e. The molecule has 74 valence electrons. The minimum atomic E-state index is -0.886. The second-order valence-electron chi connectivity index (χ2n) is 3.88. The SMILES string of the molecule is O=Cc1cccc(C(F)C2CCC2)c1. The smallest absolute Gasteiger partial charge is 0.150 e. The molecule has 1 unspecified atom stereocenters. The molecule has 1 aliphatic carbocycles. The van der Waals surface area contributed by atoms with E-state index in [9.17, 15) is 9.18 Å². The molecular formula is C12H13FO. The van der Waals surface area contributed by atoms with Gasteiger partial charge >= 0.3 is 0 Å². The summed E-state index contributed by atoms with van der Waals surface area (Å²) in [5.74, 6) is 0.178. The Hall–Kier alpha value is -1.18. The van der Waals surface area contributed by atoms with Gasteiger partial charge in [-0.3, -0.25) is 4.79 Å². The average Bonchev–Trinajstić information content (AvgIpc) is 2.15. The monoisotopic (exact) mass is 192 g/mol. The third-order valence-electron chi connectivity index (χ3n) is 2.93. The summed E-state index contributed by atoms with van der Waals surface area (Å²) in [5, 5.41) is 0. The standard InChI is InChI=1S/C12H13FO/c13-12(10-4-2-5-10)11-6-1-3-9(7-11)8-14/h1,3,6-8,10,12H,2,4-5H2. The first-order valence-corrected chi connectivity index (χ1v) is 5.00. The molecule has 0 aliphatic heterocycles. The van der Waals surface area contributed by atoms with E-state index in [2.05, 4.69) is 0 Å². The molecule has 2 heteroatoms. The molecule has 0 N–H and O–H groups in total. The van der Waals surface area contributed by atoms with Crippen LogP contribution in [0, 0.1) is 5.92 Å². The zero-order valence-corrected chi connectivity index (χ0v) is 7.95. The number of carbonyl (C=O) groups excluding carboxylic acids is 1. The molecule has 0 spiro atoms. The lowest BCUT2D eigenvalue weighted by molar-refractivity contribution is 0.112. The molecule has 1 nitrogen and oxygen atoms in total. The Labute approximate surface area is 82.9 Å². The summed E-state index contributed by atoms with van der Waals surface area (Å²) < 4.78 is 13.8. The molecular weight excluding hydrogens is 179 g/mol. The minimum absolute atomic E-state index is 0.178. The van der Waals surface area contributed by atoms with Gasteiger partial charge in [0.2, 0.25) is 0 Å². The van der Waals surface area contributed by atoms with Gasteiger partial charge in [0, 0.05) is 5.56 Å². The molecule has 0 bridgehead atoms. The van der Waals surface area contributed by atoms with Crippen molar-refractivity contribution in [1.82, 2.24) is 0 Å². The summed E-state index contributed by atoms with van der Waals surface area (Å²) >= 11 is 0. The van der Waals surface area contributed by atoms with Crippen molar-refractivity contribution in [2.45, 2.75) is 25.4 Å². The van der Waals surface area contributed by atoms with Crippen molar-refractivity contribution in [3.05, 3.63) is 35.4 Å². The van der Waals surface area contributed by atoms with Gasteiger partial charge in [0.1, 0.15) is 12.5 Å². The van der Waals surface area contributed by atoms with Crippen LogP contribution in [-0.4, -0.2) is 6.29 Å². The second-order valence-corrected chi connectivity index (χ2v) is 3.88. The fourth-order valence-corrected chi connectivity index (χ4v) is 1.81. The Kier molecular flexibility index (Phi) is 2.62. The first-order chi connectivity index (χ1) is 6.81. The van der Waals surface area contributed by atoms with E-state index in [0.29, 0.717) is 11.1 Å². The van der Waals surface area contributed by atoms with Crippen LogP contribution in [0.25, 0.3) is 0 Å². The third kappa shape index (κ3) is 1.69. The fraction of sp³-hybridized carbons (Fsp3) is 0.417. The van der Waals surface area contributed by atoms with Crippen LogP contribution in [0.1, 0.15) is 41.4 Å². The summed E-state index contributed by atoms with van der Waals surface area (Å²) in [7, 11) is 0. The van der Waals surface area contributed by atoms with Crippen molar-refractivity contribution in [2.24, 2.45) is 5.92 Å². The van der Waals surface area contributed by atoms with Crippen LogP contribution < -0.4 is 0 Å². The summed E-state index contributed by atoms with van der Waals surface area (Å²) in [6.07, 6.45) is 2.97. The number of aldehydes is 1. The van der Waals surface area contributed by atoms with Gasteiger partial charge in [-0.15, -0.1) is 0 Å². The highest BCUT2D eigenvalue weighted by Gasteiger charge is 2.28. The van der Waals surface area contributed by atoms with E-state index in [1.807, 2.05) is 0 Å². The number of benzene rings is 1. The number of rotatable bonds is 3. The fourth-order valence-electron chi connectivity index (χ4n) is 1.81. The van der Waals surface area contributed by atoms with Crippen LogP contribution in [0.5, 0.6) is 0 Å². The molecule has 1 fully saturated rings. The molecule has 1 atom stereocenters. The van der Waals surface area contributed by atoms with Crippen LogP contribution >= 0.6 is 0 Å². The first-order valence-electron chi connectivity index (χ1n) is 5.00. The molecule has 2 rings (SSSR count). The Balaban J connectivity index is 2.17. The van der Waals surface area contributed by atoms with Crippen molar-refractivity contribution in [3.8, 4) is 0 Å². The molecule has 0 saturated heterocycles. The van der Waals surface area contributed by atoms with Crippen LogP contribution in [-0.2, 0) is 0 Å². The number of hydrogen-bond donors (Lipinski definition) is 0. The number of alkyl halides is 1. The molecule has 0 radical (unpaired) electrons. The molecule has 1 aromatic carbocycles. The molecule has 0 heterocycles. The van der Waals surface area contributed by atoms with Gasteiger partial charge in [0.25, 0.3) is 0 Å². The van der Waals surface area contributed by atoms with Crippen molar-refractivity contribution < 1.29 is 9.18 Å². The number of carbonyl (C=O) groups is 1. The van der Waals surface area contributed by atoms with Crippen LogP contribution in [0.3, 0.4) is 0 Å². The quantitative estimate of drug-likeness (QED) is 0.671. The van der Waals surface area contributed by atoms with Crippen LogP contribution in [0.15, 0.2) is 24.3 Å². The highest BCUT2D eigenvalue weighted by Crippen LogP contribution is 2.40. The zero-order valence-electron chi connectivity index (χ0n) is 7.95. The van der Waals surface area contributed by atoms with Gasteiger partial charge in [-0.1, -0.05) is 24.6 Å². The largest absolute Gasteiger partial charge is 0.298 e. The van der Waals surface area contributed by atoms with Crippen LogP contribution in [0.4, 0.5) is 4.39 Å². The molecule has 0 aromatic heterocycles. The number of hydrogen-bond acceptors (Lipinski definition) is 1. The van der Waals surface area contributed by atoms with Gasteiger partial charge < -0.3 is 0 Å². The summed E-state index contributed by atoms with van der Waals surface area (Å²) in [6.45, 7) is 0. The van der Waals surface area contributed by atoms with E-state index in [0.717, 1.165) is 25.5 Å². The first kappa shape index (κ1) is 9.38. The molecule has 1 saturated carbocycles. The van der Waals surface area contributed by atoms with E-state index in [4.69, 9.17) is 0 Å². The Bertz CT molecular complexity index is 331. The summed E-state index contributed by atoms with van der Waals surface area (Å²) in [4.78, 5) is 10.5. The maximum atomic E-state index is 13.8. The van der Waals surface area contributed by atoms with E-state index >= 15 is 0 Å². The lowest BCUT2D eigenvalue weighted by Gasteiger charge is -2.28. The Morgan fingerprint density at radius 2 is 2.21 bits per heavy atom.